The van der Waals surface area contributed by atoms with Crippen LogP contribution in [0.5, 0.6) is 0 Å². The summed E-state index contributed by atoms with van der Waals surface area (Å²) in [5, 5.41) is 10.4. The minimum absolute atomic E-state index is 0.349. The van der Waals surface area contributed by atoms with Crippen LogP contribution in [0.3, 0.4) is 0 Å². The first-order valence-corrected chi connectivity index (χ1v) is 6.12. The van der Waals surface area contributed by atoms with Crippen molar-refractivity contribution in [3.63, 3.8) is 0 Å². The zero-order chi connectivity index (χ0) is 11.4. The van der Waals surface area contributed by atoms with Gasteiger partial charge in [0.1, 0.15) is 0 Å². The average molecular weight is 293 g/mol. The molecule has 4 heteroatoms. The van der Waals surface area contributed by atoms with Gasteiger partial charge in [0.15, 0.2) is 0 Å². The summed E-state index contributed by atoms with van der Waals surface area (Å²) in [7, 11) is 0. The highest BCUT2D eigenvalue weighted by Gasteiger charge is 2.16. The van der Waals surface area contributed by atoms with E-state index in [0.29, 0.717) is 11.4 Å². The van der Waals surface area contributed by atoms with Crippen molar-refractivity contribution >= 4 is 27.5 Å². The van der Waals surface area contributed by atoms with Crippen LogP contribution in [0, 0.1) is 0 Å². The first kappa shape index (κ1) is 13.0. The van der Waals surface area contributed by atoms with Crippen LogP contribution < -0.4 is 5.73 Å². The number of hydrogen-bond donors (Lipinski definition) is 2. The van der Waals surface area contributed by atoms with Gasteiger partial charge in [0, 0.05) is 4.47 Å². The molecule has 0 aliphatic heterocycles. The number of benzene rings is 1. The van der Waals surface area contributed by atoms with Crippen LogP contribution >= 0.6 is 27.5 Å². The Morgan fingerprint density at radius 3 is 2.73 bits per heavy atom. The van der Waals surface area contributed by atoms with Gasteiger partial charge in [0.05, 0.1) is 17.2 Å². The molecular formula is C11H15BrClNO. The van der Waals surface area contributed by atoms with Crippen LogP contribution in [0.4, 0.5) is 0 Å². The summed E-state index contributed by atoms with van der Waals surface area (Å²) in [5.41, 5.74) is 6.83. The molecule has 0 radical (unpaired) electrons. The van der Waals surface area contributed by atoms with E-state index in [1.807, 2.05) is 19.1 Å². The van der Waals surface area contributed by atoms with Gasteiger partial charge < -0.3 is 10.8 Å². The number of halogens is 2. The number of hydrogen-bond acceptors (Lipinski definition) is 2. The van der Waals surface area contributed by atoms with Crippen LogP contribution in [0.2, 0.25) is 5.02 Å². The lowest BCUT2D eigenvalue weighted by molar-refractivity contribution is 0.134. The van der Waals surface area contributed by atoms with E-state index in [0.717, 1.165) is 16.5 Å². The molecular weight excluding hydrogens is 277 g/mol. The normalized spacial score (nSPS) is 15.0. The van der Waals surface area contributed by atoms with Crippen molar-refractivity contribution in [1.82, 2.24) is 0 Å². The second-order valence-corrected chi connectivity index (χ2v) is 4.82. The standard InChI is InChI=1S/C11H15BrClNO/c1-2-3-10(15)11(14)7-4-5-9(13)8(12)6-7/h4-6,10-11,15H,2-3,14H2,1H3/t10-,11+/m0/s1. The van der Waals surface area contributed by atoms with E-state index in [-0.39, 0.29) is 6.04 Å². The first-order valence-electron chi connectivity index (χ1n) is 4.94. The van der Waals surface area contributed by atoms with Crippen molar-refractivity contribution in [2.75, 3.05) is 0 Å². The monoisotopic (exact) mass is 291 g/mol. The molecule has 0 fully saturated rings. The van der Waals surface area contributed by atoms with Gasteiger partial charge in [-0.15, -0.1) is 0 Å². The Morgan fingerprint density at radius 2 is 2.20 bits per heavy atom. The lowest BCUT2D eigenvalue weighted by Crippen LogP contribution is -2.25. The second-order valence-electron chi connectivity index (χ2n) is 3.56. The van der Waals surface area contributed by atoms with E-state index in [1.54, 1.807) is 6.07 Å². The summed E-state index contributed by atoms with van der Waals surface area (Å²) in [6.45, 7) is 2.02. The van der Waals surface area contributed by atoms with Gasteiger partial charge in [-0.25, -0.2) is 0 Å². The molecule has 2 nitrogen and oxygen atoms in total. The molecule has 0 aromatic heterocycles. The Labute approximate surface area is 104 Å². The molecule has 15 heavy (non-hydrogen) atoms. The van der Waals surface area contributed by atoms with E-state index in [2.05, 4.69) is 15.9 Å². The van der Waals surface area contributed by atoms with Crippen molar-refractivity contribution in [2.45, 2.75) is 31.9 Å². The Bertz CT molecular complexity index is 332. The fourth-order valence-electron chi connectivity index (χ4n) is 1.42. The maximum absolute atomic E-state index is 9.76. The van der Waals surface area contributed by atoms with Gasteiger partial charge in [-0.2, -0.15) is 0 Å². The molecule has 0 aliphatic rings. The van der Waals surface area contributed by atoms with Crippen LogP contribution in [0.1, 0.15) is 31.4 Å². The van der Waals surface area contributed by atoms with Gasteiger partial charge in [0.2, 0.25) is 0 Å². The second kappa shape index (κ2) is 5.85. The van der Waals surface area contributed by atoms with Crippen molar-refractivity contribution < 1.29 is 5.11 Å². The summed E-state index contributed by atoms with van der Waals surface area (Å²) in [5.74, 6) is 0. The third-order valence-corrected chi connectivity index (χ3v) is 3.54. The molecule has 2 atom stereocenters. The van der Waals surface area contributed by atoms with E-state index in [4.69, 9.17) is 17.3 Å². The third kappa shape index (κ3) is 3.45. The maximum atomic E-state index is 9.76. The zero-order valence-corrected chi connectivity index (χ0v) is 10.9. The fraction of sp³-hybridized carbons (Fsp3) is 0.455. The summed E-state index contributed by atoms with van der Waals surface area (Å²) in [4.78, 5) is 0. The summed E-state index contributed by atoms with van der Waals surface area (Å²) in [6.07, 6.45) is 1.13. The highest BCUT2D eigenvalue weighted by molar-refractivity contribution is 9.10. The molecule has 1 rings (SSSR count). The minimum Gasteiger partial charge on any atom is -0.391 e. The Balaban J connectivity index is 2.81. The smallest absolute Gasteiger partial charge is 0.0732 e. The Hall–Kier alpha value is -0.0900. The SMILES string of the molecule is CCC[C@H](O)[C@H](N)c1ccc(Cl)c(Br)c1. The summed E-state index contributed by atoms with van der Waals surface area (Å²) in [6, 6.07) is 5.13. The van der Waals surface area contributed by atoms with E-state index >= 15 is 0 Å². The highest BCUT2D eigenvalue weighted by atomic mass is 79.9. The van der Waals surface area contributed by atoms with E-state index in [9.17, 15) is 5.11 Å². The lowest BCUT2D eigenvalue weighted by atomic mass is 9.99. The largest absolute Gasteiger partial charge is 0.391 e. The van der Waals surface area contributed by atoms with Gasteiger partial charge >= 0.3 is 0 Å². The highest BCUT2D eigenvalue weighted by Crippen LogP contribution is 2.27. The van der Waals surface area contributed by atoms with E-state index in [1.165, 1.54) is 0 Å². The van der Waals surface area contributed by atoms with Gasteiger partial charge in [-0.05, 0) is 40.0 Å². The van der Waals surface area contributed by atoms with Gasteiger partial charge in [-0.3, -0.25) is 0 Å². The van der Waals surface area contributed by atoms with Crippen LogP contribution in [-0.4, -0.2) is 11.2 Å². The molecule has 3 N–H and O–H groups in total. The van der Waals surface area contributed by atoms with Crippen molar-refractivity contribution in [2.24, 2.45) is 5.73 Å². The van der Waals surface area contributed by atoms with Gasteiger partial charge in [-0.1, -0.05) is 31.0 Å². The number of aliphatic hydroxyl groups is 1. The maximum Gasteiger partial charge on any atom is 0.0732 e. The number of aliphatic hydroxyl groups excluding tert-OH is 1. The molecule has 0 amide bonds. The van der Waals surface area contributed by atoms with Crippen molar-refractivity contribution in [3.8, 4) is 0 Å². The lowest BCUT2D eigenvalue weighted by Gasteiger charge is -2.19. The molecule has 0 bridgehead atoms. The molecule has 0 heterocycles. The molecule has 0 saturated carbocycles. The first-order chi connectivity index (χ1) is 7.06. The topological polar surface area (TPSA) is 46.2 Å². The number of nitrogens with two attached hydrogens (primary N) is 1. The molecule has 0 spiro atoms. The Kier molecular flexibility index (Phi) is 5.06. The van der Waals surface area contributed by atoms with Crippen molar-refractivity contribution in [3.05, 3.63) is 33.3 Å². The summed E-state index contributed by atoms with van der Waals surface area (Å²) >= 11 is 9.21. The minimum atomic E-state index is -0.497. The van der Waals surface area contributed by atoms with Crippen molar-refractivity contribution in [1.29, 1.82) is 0 Å². The molecule has 1 aromatic carbocycles. The quantitative estimate of drug-likeness (QED) is 0.895. The van der Waals surface area contributed by atoms with Gasteiger partial charge in [0.25, 0.3) is 0 Å². The molecule has 84 valence electrons. The average Bonchev–Trinajstić information content (AvgIpc) is 2.21. The number of rotatable bonds is 4. The molecule has 0 saturated heterocycles. The molecule has 0 unspecified atom stereocenters. The Morgan fingerprint density at radius 1 is 1.53 bits per heavy atom. The zero-order valence-electron chi connectivity index (χ0n) is 8.58. The fourth-order valence-corrected chi connectivity index (χ4v) is 1.93. The molecule has 1 aromatic rings. The predicted octanol–water partition coefficient (Wildman–Crippen LogP) is 3.26. The van der Waals surface area contributed by atoms with Crippen LogP contribution in [0.25, 0.3) is 0 Å². The molecule has 0 aliphatic carbocycles. The third-order valence-electron chi connectivity index (χ3n) is 2.33. The van der Waals surface area contributed by atoms with Crippen LogP contribution in [0.15, 0.2) is 22.7 Å². The predicted molar refractivity (Wildman–Crippen MR) is 67.0 cm³/mol. The van der Waals surface area contributed by atoms with Crippen LogP contribution in [-0.2, 0) is 0 Å². The summed E-state index contributed by atoms with van der Waals surface area (Å²) < 4.78 is 0.806. The van der Waals surface area contributed by atoms with E-state index < -0.39 is 6.10 Å².